The number of carbonyl (C=O) groups excluding carboxylic acids is 3. The molecule has 8 heteroatoms. The molecule has 3 aromatic rings. The van der Waals surface area contributed by atoms with Crippen molar-refractivity contribution in [3.63, 3.8) is 0 Å². The number of nitrogens with one attached hydrogen (secondary N) is 3. The van der Waals surface area contributed by atoms with Gasteiger partial charge in [-0.05, 0) is 36.8 Å². The van der Waals surface area contributed by atoms with Crippen LogP contribution in [-0.4, -0.2) is 22.7 Å². The molecule has 1 heterocycles. The molecule has 3 rings (SSSR count). The van der Waals surface area contributed by atoms with Gasteiger partial charge < -0.3 is 16.0 Å². The lowest BCUT2D eigenvalue weighted by molar-refractivity contribution is -0.114. The Morgan fingerprint density at radius 2 is 1.68 bits per heavy atom. The minimum absolute atomic E-state index is 0.201. The summed E-state index contributed by atoms with van der Waals surface area (Å²) in [5, 5.41) is 10.1. The normalized spacial score (nSPS) is 10.2. The summed E-state index contributed by atoms with van der Waals surface area (Å²) < 4.78 is 0. The molecule has 0 bridgehead atoms. The summed E-state index contributed by atoms with van der Waals surface area (Å²) in [6.07, 6.45) is 0. The SMILES string of the molecule is CC(=O)Nc1nc(C(=O)Nc2cc(NC(=O)c3ccccc3)ccc2C)cs1. The Kier molecular flexibility index (Phi) is 5.81. The van der Waals surface area contributed by atoms with Crippen LogP contribution in [0.3, 0.4) is 0 Å². The fourth-order valence-corrected chi connectivity index (χ4v) is 3.14. The molecular formula is C20H18N4O3S. The molecule has 0 aliphatic rings. The first-order valence-corrected chi connectivity index (χ1v) is 9.32. The van der Waals surface area contributed by atoms with E-state index in [9.17, 15) is 14.4 Å². The number of amides is 3. The second-order valence-corrected chi connectivity index (χ2v) is 6.88. The van der Waals surface area contributed by atoms with Gasteiger partial charge in [-0.3, -0.25) is 14.4 Å². The summed E-state index contributed by atoms with van der Waals surface area (Å²) in [5.74, 6) is -0.886. The van der Waals surface area contributed by atoms with E-state index in [4.69, 9.17) is 0 Å². The van der Waals surface area contributed by atoms with Gasteiger partial charge in [0.05, 0.1) is 0 Å². The molecule has 7 nitrogen and oxygen atoms in total. The van der Waals surface area contributed by atoms with Crippen LogP contribution in [0.1, 0.15) is 33.3 Å². The van der Waals surface area contributed by atoms with Gasteiger partial charge in [0.25, 0.3) is 11.8 Å². The monoisotopic (exact) mass is 394 g/mol. The summed E-state index contributed by atoms with van der Waals surface area (Å²) in [4.78, 5) is 39.9. The van der Waals surface area contributed by atoms with Gasteiger partial charge >= 0.3 is 0 Å². The number of benzene rings is 2. The van der Waals surface area contributed by atoms with Crippen LogP contribution in [0.5, 0.6) is 0 Å². The summed E-state index contributed by atoms with van der Waals surface area (Å²) >= 11 is 1.17. The van der Waals surface area contributed by atoms with E-state index >= 15 is 0 Å². The maximum Gasteiger partial charge on any atom is 0.275 e. The minimum atomic E-state index is -0.400. The number of hydrogen-bond donors (Lipinski definition) is 3. The molecule has 142 valence electrons. The van der Waals surface area contributed by atoms with Crippen LogP contribution in [0.15, 0.2) is 53.9 Å². The van der Waals surface area contributed by atoms with Gasteiger partial charge in [-0.1, -0.05) is 24.3 Å². The van der Waals surface area contributed by atoms with E-state index in [0.717, 1.165) is 5.56 Å². The van der Waals surface area contributed by atoms with Crippen molar-refractivity contribution in [3.8, 4) is 0 Å². The van der Waals surface area contributed by atoms with Gasteiger partial charge in [-0.15, -0.1) is 11.3 Å². The second kappa shape index (κ2) is 8.45. The number of thiazole rings is 1. The largest absolute Gasteiger partial charge is 0.322 e. The van der Waals surface area contributed by atoms with Crippen molar-refractivity contribution in [2.75, 3.05) is 16.0 Å². The third-order valence-corrected chi connectivity index (χ3v) is 4.56. The van der Waals surface area contributed by atoms with Gasteiger partial charge in [0.1, 0.15) is 5.69 Å². The van der Waals surface area contributed by atoms with E-state index in [1.807, 2.05) is 13.0 Å². The van der Waals surface area contributed by atoms with E-state index in [0.29, 0.717) is 22.1 Å². The predicted molar refractivity (Wildman–Crippen MR) is 110 cm³/mol. The van der Waals surface area contributed by atoms with Crippen molar-refractivity contribution >= 4 is 45.6 Å². The Bertz CT molecular complexity index is 1030. The van der Waals surface area contributed by atoms with Crippen LogP contribution >= 0.6 is 11.3 Å². The highest BCUT2D eigenvalue weighted by Gasteiger charge is 2.14. The molecule has 0 saturated carbocycles. The molecule has 28 heavy (non-hydrogen) atoms. The molecule has 0 aliphatic heterocycles. The predicted octanol–water partition coefficient (Wildman–Crippen LogP) is 3.91. The lowest BCUT2D eigenvalue weighted by Crippen LogP contribution is -2.15. The Balaban J connectivity index is 1.72. The minimum Gasteiger partial charge on any atom is -0.322 e. The third-order valence-electron chi connectivity index (χ3n) is 3.80. The summed E-state index contributed by atoms with van der Waals surface area (Å²) in [6, 6.07) is 14.1. The number of aromatic nitrogens is 1. The number of nitrogens with zero attached hydrogens (tertiary/aromatic N) is 1. The topological polar surface area (TPSA) is 100 Å². The van der Waals surface area contributed by atoms with Gasteiger partial charge in [0, 0.05) is 29.2 Å². The molecule has 3 N–H and O–H groups in total. The smallest absolute Gasteiger partial charge is 0.275 e. The zero-order valence-corrected chi connectivity index (χ0v) is 16.1. The average molecular weight is 394 g/mol. The second-order valence-electron chi connectivity index (χ2n) is 6.02. The van der Waals surface area contributed by atoms with Crippen LogP contribution in [0.25, 0.3) is 0 Å². The maximum absolute atomic E-state index is 12.5. The number of anilines is 3. The number of carbonyl (C=O) groups is 3. The molecule has 0 unspecified atom stereocenters. The summed E-state index contributed by atoms with van der Waals surface area (Å²) in [7, 11) is 0. The van der Waals surface area contributed by atoms with Crippen LogP contribution in [0.4, 0.5) is 16.5 Å². The van der Waals surface area contributed by atoms with E-state index < -0.39 is 5.91 Å². The summed E-state index contributed by atoms with van der Waals surface area (Å²) in [5.41, 5.74) is 2.70. The van der Waals surface area contributed by atoms with Crippen molar-refractivity contribution < 1.29 is 14.4 Å². The van der Waals surface area contributed by atoms with Crippen molar-refractivity contribution in [2.24, 2.45) is 0 Å². The van der Waals surface area contributed by atoms with Crippen molar-refractivity contribution in [1.29, 1.82) is 0 Å². The molecule has 1 aromatic heterocycles. The molecule has 0 saturated heterocycles. The quantitative estimate of drug-likeness (QED) is 0.611. The zero-order chi connectivity index (χ0) is 20.1. The maximum atomic E-state index is 12.5. The number of aryl methyl sites for hydroxylation is 1. The molecular weight excluding hydrogens is 376 g/mol. The standard InChI is InChI=1S/C20H18N4O3S/c1-12-8-9-15(22-18(26)14-6-4-3-5-7-14)10-16(12)23-19(27)17-11-28-20(24-17)21-13(2)25/h3-11H,1-2H3,(H,22,26)(H,23,27)(H,21,24,25). The lowest BCUT2D eigenvalue weighted by atomic mass is 10.1. The fraction of sp³-hybridized carbons (Fsp3) is 0.100. The van der Waals surface area contributed by atoms with Gasteiger partial charge in [-0.25, -0.2) is 4.98 Å². The Morgan fingerprint density at radius 1 is 0.929 bits per heavy atom. The first-order chi connectivity index (χ1) is 13.4. The van der Waals surface area contributed by atoms with Crippen molar-refractivity contribution in [2.45, 2.75) is 13.8 Å². The van der Waals surface area contributed by atoms with Gasteiger partial charge in [-0.2, -0.15) is 0 Å². The third kappa shape index (κ3) is 4.80. The number of hydrogen-bond acceptors (Lipinski definition) is 5. The lowest BCUT2D eigenvalue weighted by Gasteiger charge is -2.11. The highest BCUT2D eigenvalue weighted by molar-refractivity contribution is 7.14. The highest BCUT2D eigenvalue weighted by atomic mass is 32.1. The first kappa shape index (κ1) is 19.2. The zero-order valence-electron chi connectivity index (χ0n) is 15.3. The van der Waals surface area contributed by atoms with Crippen molar-refractivity contribution in [3.05, 3.63) is 70.7 Å². The van der Waals surface area contributed by atoms with Crippen molar-refractivity contribution in [1.82, 2.24) is 4.98 Å². The Morgan fingerprint density at radius 3 is 2.39 bits per heavy atom. The highest BCUT2D eigenvalue weighted by Crippen LogP contribution is 2.23. The van der Waals surface area contributed by atoms with Crippen LogP contribution < -0.4 is 16.0 Å². The Labute approximate surface area is 165 Å². The van der Waals surface area contributed by atoms with Gasteiger partial charge in [0.2, 0.25) is 5.91 Å². The van der Waals surface area contributed by atoms with E-state index in [2.05, 4.69) is 20.9 Å². The summed E-state index contributed by atoms with van der Waals surface area (Å²) in [6.45, 7) is 3.22. The molecule has 0 atom stereocenters. The molecule has 0 fully saturated rings. The first-order valence-electron chi connectivity index (χ1n) is 8.44. The van der Waals surface area contributed by atoms with E-state index in [1.165, 1.54) is 18.3 Å². The van der Waals surface area contributed by atoms with Crippen LogP contribution in [0.2, 0.25) is 0 Å². The van der Waals surface area contributed by atoms with E-state index in [1.54, 1.807) is 47.8 Å². The molecule has 3 amide bonds. The Hall–Kier alpha value is -3.52. The fourth-order valence-electron chi connectivity index (χ4n) is 2.40. The molecule has 2 aromatic carbocycles. The average Bonchev–Trinajstić information content (AvgIpc) is 3.13. The van der Waals surface area contributed by atoms with Crippen LogP contribution in [0, 0.1) is 6.92 Å². The number of rotatable bonds is 5. The molecule has 0 aliphatic carbocycles. The molecule has 0 spiro atoms. The van der Waals surface area contributed by atoms with E-state index in [-0.39, 0.29) is 17.5 Å². The van der Waals surface area contributed by atoms with Crippen LogP contribution in [-0.2, 0) is 4.79 Å². The van der Waals surface area contributed by atoms with Gasteiger partial charge in [0.15, 0.2) is 5.13 Å². The molecule has 0 radical (unpaired) electrons.